The van der Waals surface area contributed by atoms with Gasteiger partial charge in [0.1, 0.15) is 11.8 Å². The maximum absolute atomic E-state index is 14.3. The minimum Gasteiger partial charge on any atom is -0.493 e. The van der Waals surface area contributed by atoms with Crippen molar-refractivity contribution in [1.29, 1.82) is 0 Å². The van der Waals surface area contributed by atoms with E-state index >= 15 is 0 Å². The SMILES string of the molecule is COC(=O)[C@H](N)C(C)CP(=O)(Oc1ccccc1)Oc1cc(C)cc(/C=C\c2cc(OC)c(OC)c(OC)c2)c1OC. The van der Waals surface area contributed by atoms with E-state index in [2.05, 4.69) is 0 Å². The van der Waals surface area contributed by atoms with Crippen LogP contribution >= 0.6 is 7.60 Å². The van der Waals surface area contributed by atoms with Crippen LogP contribution in [0.4, 0.5) is 0 Å². The first-order valence-electron chi connectivity index (χ1n) is 13.1. The smallest absolute Gasteiger partial charge is 0.431 e. The first-order valence-corrected chi connectivity index (χ1v) is 14.8. The highest BCUT2D eigenvalue weighted by molar-refractivity contribution is 7.54. The molecule has 0 aliphatic carbocycles. The lowest BCUT2D eigenvalue weighted by Gasteiger charge is -2.26. The van der Waals surface area contributed by atoms with E-state index in [0.29, 0.717) is 34.3 Å². The van der Waals surface area contributed by atoms with Crippen LogP contribution in [0.5, 0.6) is 34.5 Å². The van der Waals surface area contributed by atoms with Gasteiger partial charge in [0.05, 0.1) is 41.7 Å². The highest BCUT2D eigenvalue weighted by atomic mass is 31.2. The zero-order chi connectivity index (χ0) is 30.9. The molecule has 0 fully saturated rings. The molecule has 0 aliphatic rings. The summed E-state index contributed by atoms with van der Waals surface area (Å²) in [7, 11) is 3.43. The van der Waals surface area contributed by atoms with Gasteiger partial charge < -0.3 is 38.5 Å². The number of carbonyl (C=O) groups excluding carboxylic acids is 1. The highest BCUT2D eigenvalue weighted by Crippen LogP contribution is 2.53. The Balaban J connectivity index is 2.03. The zero-order valence-corrected chi connectivity index (χ0v) is 25.8. The number of benzene rings is 3. The van der Waals surface area contributed by atoms with E-state index in [4.69, 9.17) is 38.5 Å². The highest BCUT2D eigenvalue weighted by Gasteiger charge is 2.36. The van der Waals surface area contributed by atoms with Crippen LogP contribution in [0.25, 0.3) is 12.2 Å². The molecule has 3 atom stereocenters. The molecule has 2 N–H and O–H groups in total. The van der Waals surface area contributed by atoms with Crippen molar-refractivity contribution in [3.05, 3.63) is 71.3 Å². The summed E-state index contributed by atoms with van der Waals surface area (Å²) in [5, 5.41) is 0. The molecule has 3 aromatic rings. The summed E-state index contributed by atoms with van der Waals surface area (Å²) in [6.45, 7) is 3.56. The van der Waals surface area contributed by atoms with Gasteiger partial charge in [0.15, 0.2) is 23.0 Å². The number of para-hydroxylation sites is 1. The third-order valence-electron chi connectivity index (χ3n) is 6.40. The van der Waals surface area contributed by atoms with Gasteiger partial charge in [-0.05, 0) is 60.4 Å². The maximum atomic E-state index is 14.3. The predicted molar refractivity (Wildman–Crippen MR) is 162 cm³/mol. The number of nitrogens with two attached hydrogens (primary N) is 1. The number of rotatable bonds is 14. The average molecular weight is 600 g/mol. The molecule has 0 heterocycles. The van der Waals surface area contributed by atoms with Crippen molar-refractivity contribution in [2.24, 2.45) is 11.7 Å². The number of ether oxygens (including phenoxy) is 5. The Morgan fingerprint density at radius 1 is 0.833 bits per heavy atom. The first-order chi connectivity index (χ1) is 20.1. The summed E-state index contributed by atoms with van der Waals surface area (Å²) in [5.74, 6) is 1.17. The lowest BCUT2D eigenvalue weighted by Crippen LogP contribution is -2.39. The van der Waals surface area contributed by atoms with Gasteiger partial charge in [0, 0.05) is 5.56 Å². The second-order valence-electron chi connectivity index (χ2n) is 9.49. The van der Waals surface area contributed by atoms with E-state index in [1.54, 1.807) is 58.6 Å². The van der Waals surface area contributed by atoms with Gasteiger partial charge in [0.25, 0.3) is 0 Å². The fraction of sp³-hybridized carbons (Fsp3) is 0.323. The molecule has 42 heavy (non-hydrogen) atoms. The quantitative estimate of drug-likeness (QED) is 0.134. The Hall–Kier alpha value is -4.14. The van der Waals surface area contributed by atoms with Crippen molar-refractivity contribution < 1.29 is 42.1 Å². The molecule has 10 nitrogen and oxygen atoms in total. The van der Waals surface area contributed by atoms with Crippen LogP contribution in [0.2, 0.25) is 0 Å². The number of hydrogen-bond acceptors (Lipinski definition) is 10. The topological polar surface area (TPSA) is 125 Å². The van der Waals surface area contributed by atoms with Gasteiger partial charge in [-0.1, -0.05) is 37.3 Å². The van der Waals surface area contributed by atoms with Crippen LogP contribution < -0.4 is 33.7 Å². The standard InChI is InChI=1S/C31H38NO9P/c1-20-15-23(14-13-22-17-25(35-3)30(38-6)26(18-22)36-4)29(37-5)27(16-20)41-42(34,40-24-11-9-8-10-12-24)19-21(2)28(32)31(33)39-7/h8-18,21,28H,19,32H2,1-7H3/b14-13-/t21?,28-,42?/m1/s1. The van der Waals surface area contributed by atoms with Crippen LogP contribution in [-0.4, -0.2) is 53.7 Å². The van der Waals surface area contributed by atoms with Crippen molar-refractivity contribution in [3.63, 3.8) is 0 Å². The van der Waals surface area contributed by atoms with Crippen molar-refractivity contribution in [1.82, 2.24) is 0 Å². The Labute approximate surface area is 246 Å². The first kappa shape index (κ1) is 32.4. The van der Waals surface area contributed by atoms with Crippen LogP contribution in [0.15, 0.2) is 54.6 Å². The molecule has 0 amide bonds. The molecule has 0 aromatic heterocycles. The van der Waals surface area contributed by atoms with Crippen molar-refractivity contribution in [2.45, 2.75) is 19.9 Å². The van der Waals surface area contributed by atoms with Gasteiger partial charge in [0.2, 0.25) is 5.75 Å². The Bertz CT molecular complexity index is 1420. The van der Waals surface area contributed by atoms with Crippen molar-refractivity contribution in [3.8, 4) is 34.5 Å². The molecular weight excluding hydrogens is 561 g/mol. The van der Waals surface area contributed by atoms with Crippen LogP contribution in [0, 0.1) is 12.8 Å². The summed E-state index contributed by atoms with van der Waals surface area (Å²) in [5.41, 5.74) is 8.31. The average Bonchev–Trinajstić information content (AvgIpc) is 2.98. The second kappa shape index (κ2) is 14.7. The summed E-state index contributed by atoms with van der Waals surface area (Å²) in [6, 6.07) is 14.9. The fourth-order valence-corrected chi connectivity index (χ4v) is 6.28. The normalized spacial score (nSPS) is 13.9. The number of carbonyl (C=O) groups is 1. The summed E-state index contributed by atoms with van der Waals surface area (Å²) in [6.07, 6.45) is 3.52. The Morgan fingerprint density at radius 3 is 2.00 bits per heavy atom. The second-order valence-corrected chi connectivity index (χ2v) is 11.4. The Morgan fingerprint density at radius 2 is 1.45 bits per heavy atom. The van der Waals surface area contributed by atoms with E-state index in [1.807, 2.05) is 43.3 Å². The van der Waals surface area contributed by atoms with Crippen molar-refractivity contribution >= 4 is 25.7 Å². The third-order valence-corrected chi connectivity index (χ3v) is 8.38. The van der Waals surface area contributed by atoms with Gasteiger partial charge >= 0.3 is 13.6 Å². The molecule has 0 saturated carbocycles. The van der Waals surface area contributed by atoms with E-state index in [-0.39, 0.29) is 11.9 Å². The van der Waals surface area contributed by atoms with Crippen molar-refractivity contribution in [2.75, 3.05) is 41.7 Å². The largest absolute Gasteiger partial charge is 0.493 e. The molecule has 0 spiro atoms. The van der Waals surface area contributed by atoms with E-state index in [1.165, 1.54) is 14.2 Å². The monoisotopic (exact) mass is 599 g/mol. The minimum absolute atomic E-state index is 0.161. The number of methoxy groups -OCH3 is 5. The number of esters is 1. The number of aryl methyl sites for hydroxylation is 1. The summed E-state index contributed by atoms with van der Waals surface area (Å²) >= 11 is 0. The van der Waals surface area contributed by atoms with E-state index < -0.39 is 25.5 Å². The van der Waals surface area contributed by atoms with Gasteiger partial charge in [-0.3, -0.25) is 4.79 Å². The van der Waals surface area contributed by atoms with Crippen LogP contribution in [0.1, 0.15) is 23.6 Å². The number of hydrogen-bond donors (Lipinski definition) is 1. The van der Waals surface area contributed by atoms with Gasteiger partial charge in [-0.2, -0.15) is 0 Å². The van der Waals surface area contributed by atoms with Gasteiger partial charge in [-0.15, -0.1) is 0 Å². The zero-order valence-electron chi connectivity index (χ0n) is 24.9. The van der Waals surface area contributed by atoms with Gasteiger partial charge in [-0.25, -0.2) is 4.57 Å². The minimum atomic E-state index is -3.95. The summed E-state index contributed by atoms with van der Waals surface area (Å²) in [4.78, 5) is 12.1. The molecule has 3 aromatic carbocycles. The molecule has 11 heteroatoms. The molecule has 3 rings (SSSR count). The van der Waals surface area contributed by atoms with E-state index in [0.717, 1.165) is 11.1 Å². The fourth-order valence-electron chi connectivity index (χ4n) is 4.28. The molecule has 0 aliphatic heterocycles. The van der Waals surface area contributed by atoms with Crippen LogP contribution in [0.3, 0.4) is 0 Å². The summed E-state index contributed by atoms with van der Waals surface area (Å²) < 4.78 is 53.2. The molecule has 0 bridgehead atoms. The molecule has 2 unspecified atom stereocenters. The molecular formula is C31H38NO9P. The lowest BCUT2D eigenvalue weighted by atomic mass is 10.1. The maximum Gasteiger partial charge on any atom is 0.431 e. The molecule has 0 radical (unpaired) electrons. The molecule has 226 valence electrons. The van der Waals surface area contributed by atoms with Crippen LogP contribution in [-0.2, 0) is 14.1 Å². The third kappa shape index (κ3) is 7.99. The van der Waals surface area contributed by atoms with E-state index in [9.17, 15) is 9.36 Å². The molecule has 0 saturated heterocycles. The lowest BCUT2D eigenvalue weighted by molar-refractivity contribution is -0.143. The Kier molecular flexibility index (Phi) is 11.3. The predicted octanol–water partition coefficient (Wildman–Crippen LogP) is 5.99.